The van der Waals surface area contributed by atoms with Crippen molar-refractivity contribution in [2.24, 2.45) is 0 Å². The zero-order chi connectivity index (χ0) is 11.6. The molecule has 1 N–H and O–H groups in total. The smallest absolute Gasteiger partial charge is 0.383 e. The fraction of sp³-hybridized carbons (Fsp3) is 0.400. The largest absolute Gasteiger partial charge is 0.414 e. The fourth-order valence-corrected chi connectivity index (χ4v) is 1.31. The van der Waals surface area contributed by atoms with Crippen LogP contribution < -0.4 is 0 Å². The lowest BCUT2D eigenvalue weighted by Crippen LogP contribution is -2.30. The highest BCUT2D eigenvalue weighted by Crippen LogP contribution is 2.24. The molecular formula is C10H10ClF3O. The van der Waals surface area contributed by atoms with Crippen LogP contribution in [-0.4, -0.2) is 17.4 Å². The standard InChI is InChI=1S/C10H10ClF3O/c1-6-2-3-7(4-8(6)11)5-9(15)10(12,13)14/h2-4,9,15H,5H2,1H3. The SMILES string of the molecule is Cc1ccc(CC(O)C(F)(F)F)cc1Cl. The molecule has 0 heterocycles. The zero-order valence-electron chi connectivity index (χ0n) is 7.98. The topological polar surface area (TPSA) is 20.2 Å². The lowest BCUT2D eigenvalue weighted by molar-refractivity contribution is -0.203. The Balaban J connectivity index is 2.78. The summed E-state index contributed by atoms with van der Waals surface area (Å²) in [5.41, 5.74) is 1.16. The van der Waals surface area contributed by atoms with Crippen LogP contribution in [0.25, 0.3) is 0 Å². The van der Waals surface area contributed by atoms with Crippen molar-refractivity contribution in [3.8, 4) is 0 Å². The average molecular weight is 239 g/mol. The third-order valence-electron chi connectivity index (χ3n) is 2.04. The third-order valence-corrected chi connectivity index (χ3v) is 2.45. The van der Waals surface area contributed by atoms with E-state index in [4.69, 9.17) is 16.7 Å². The lowest BCUT2D eigenvalue weighted by atomic mass is 10.1. The molecule has 0 aliphatic rings. The first kappa shape index (κ1) is 12.3. The van der Waals surface area contributed by atoms with Gasteiger partial charge in [-0.3, -0.25) is 0 Å². The minimum absolute atomic E-state index is 0.371. The number of rotatable bonds is 2. The Labute approximate surface area is 90.5 Å². The van der Waals surface area contributed by atoms with Crippen LogP contribution in [0.1, 0.15) is 11.1 Å². The maximum absolute atomic E-state index is 12.0. The summed E-state index contributed by atoms with van der Waals surface area (Å²) < 4.78 is 36.1. The molecule has 84 valence electrons. The Morgan fingerprint density at radius 3 is 2.47 bits per heavy atom. The molecule has 1 rings (SSSR count). The fourth-order valence-electron chi connectivity index (χ4n) is 1.10. The minimum Gasteiger partial charge on any atom is -0.383 e. The van der Waals surface area contributed by atoms with Gasteiger partial charge in [0.05, 0.1) is 0 Å². The normalized spacial score (nSPS) is 14.0. The van der Waals surface area contributed by atoms with Crippen LogP contribution in [0.3, 0.4) is 0 Å². The first-order valence-corrected chi connectivity index (χ1v) is 4.68. The predicted molar refractivity (Wildman–Crippen MR) is 52.0 cm³/mol. The summed E-state index contributed by atoms with van der Waals surface area (Å²) in [7, 11) is 0. The van der Waals surface area contributed by atoms with Gasteiger partial charge in [0.2, 0.25) is 0 Å². The second-order valence-electron chi connectivity index (χ2n) is 3.35. The Morgan fingerprint density at radius 1 is 1.40 bits per heavy atom. The molecule has 0 aliphatic heterocycles. The molecule has 1 nitrogen and oxygen atoms in total. The number of hydrogen-bond donors (Lipinski definition) is 1. The number of aliphatic hydroxyl groups excluding tert-OH is 1. The van der Waals surface area contributed by atoms with Crippen LogP contribution >= 0.6 is 11.6 Å². The molecule has 0 saturated carbocycles. The molecule has 0 bridgehead atoms. The molecule has 0 spiro atoms. The Hall–Kier alpha value is -0.740. The van der Waals surface area contributed by atoms with E-state index in [0.717, 1.165) is 5.56 Å². The maximum atomic E-state index is 12.0. The van der Waals surface area contributed by atoms with Crippen LogP contribution in [0.5, 0.6) is 0 Å². The molecule has 1 atom stereocenters. The van der Waals surface area contributed by atoms with Gasteiger partial charge in [-0.15, -0.1) is 0 Å². The molecular weight excluding hydrogens is 229 g/mol. The van der Waals surface area contributed by atoms with E-state index >= 15 is 0 Å². The summed E-state index contributed by atoms with van der Waals surface area (Å²) in [5, 5.41) is 9.24. The van der Waals surface area contributed by atoms with E-state index in [1.807, 2.05) is 0 Å². The average Bonchev–Trinajstić information content (AvgIpc) is 2.10. The van der Waals surface area contributed by atoms with Crippen LogP contribution in [0.4, 0.5) is 13.2 Å². The Morgan fingerprint density at radius 2 is 2.00 bits per heavy atom. The molecule has 0 aromatic heterocycles. The Kier molecular flexibility index (Phi) is 3.62. The van der Waals surface area contributed by atoms with Gasteiger partial charge in [-0.05, 0) is 24.1 Å². The van der Waals surface area contributed by atoms with Crippen LogP contribution in [0, 0.1) is 6.92 Å². The van der Waals surface area contributed by atoms with Gasteiger partial charge < -0.3 is 5.11 Å². The number of hydrogen-bond acceptors (Lipinski definition) is 1. The summed E-state index contributed by atoms with van der Waals surface area (Å²) in [5.74, 6) is 0. The number of halogens is 4. The Bertz CT molecular complexity index is 349. The van der Waals surface area contributed by atoms with Gasteiger partial charge in [-0.25, -0.2) is 0 Å². The highest BCUT2D eigenvalue weighted by atomic mass is 35.5. The summed E-state index contributed by atoms with van der Waals surface area (Å²) in [6, 6.07) is 4.59. The second-order valence-corrected chi connectivity index (χ2v) is 3.75. The number of alkyl halides is 3. The maximum Gasteiger partial charge on any atom is 0.414 e. The molecule has 1 unspecified atom stereocenters. The van der Waals surface area contributed by atoms with E-state index in [1.54, 1.807) is 13.0 Å². The molecule has 1 aromatic rings. The van der Waals surface area contributed by atoms with Gasteiger partial charge in [0.25, 0.3) is 0 Å². The van der Waals surface area contributed by atoms with Gasteiger partial charge in [-0.1, -0.05) is 23.7 Å². The van der Waals surface area contributed by atoms with Gasteiger partial charge in [0.15, 0.2) is 6.10 Å². The number of aliphatic hydroxyl groups is 1. The van der Waals surface area contributed by atoms with Crippen molar-refractivity contribution in [3.63, 3.8) is 0 Å². The summed E-state index contributed by atoms with van der Waals surface area (Å²) in [6.07, 6.45) is -7.39. The van der Waals surface area contributed by atoms with Gasteiger partial charge in [0.1, 0.15) is 0 Å². The van der Waals surface area contributed by atoms with Gasteiger partial charge in [-0.2, -0.15) is 13.2 Å². The monoisotopic (exact) mass is 238 g/mol. The first-order valence-electron chi connectivity index (χ1n) is 4.30. The molecule has 0 fully saturated rings. The molecule has 0 aliphatic carbocycles. The van der Waals surface area contributed by atoms with E-state index in [-0.39, 0.29) is 0 Å². The molecule has 5 heteroatoms. The third kappa shape index (κ3) is 3.39. The molecule has 0 saturated heterocycles. The highest BCUT2D eigenvalue weighted by molar-refractivity contribution is 6.31. The minimum atomic E-state index is -4.59. The van der Waals surface area contributed by atoms with Gasteiger partial charge >= 0.3 is 6.18 Å². The van der Waals surface area contributed by atoms with Crippen molar-refractivity contribution < 1.29 is 18.3 Å². The van der Waals surface area contributed by atoms with E-state index in [1.165, 1.54) is 12.1 Å². The quantitative estimate of drug-likeness (QED) is 0.839. The predicted octanol–water partition coefficient (Wildman–Crippen LogP) is 3.11. The van der Waals surface area contributed by atoms with Crippen molar-refractivity contribution in [2.45, 2.75) is 25.6 Å². The van der Waals surface area contributed by atoms with Crippen molar-refractivity contribution in [1.29, 1.82) is 0 Å². The molecule has 15 heavy (non-hydrogen) atoms. The summed E-state index contributed by atoms with van der Waals surface area (Å²) >= 11 is 5.75. The van der Waals surface area contributed by atoms with Gasteiger partial charge in [0, 0.05) is 11.4 Å². The highest BCUT2D eigenvalue weighted by Gasteiger charge is 2.37. The van der Waals surface area contributed by atoms with Crippen LogP contribution in [-0.2, 0) is 6.42 Å². The van der Waals surface area contributed by atoms with Crippen LogP contribution in [0.2, 0.25) is 5.02 Å². The summed E-state index contributed by atoms with van der Waals surface area (Å²) in [4.78, 5) is 0. The first-order chi connectivity index (χ1) is 6.80. The van der Waals surface area contributed by atoms with Crippen molar-refractivity contribution in [2.75, 3.05) is 0 Å². The van der Waals surface area contributed by atoms with Crippen molar-refractivity contribution >= 4 is 11.6 Å². The van der Waals surface area contributed by atoms with Crippen molar-refractivity contribution in [1.82, 2.24) is 0 Å². The number of benzene rings is 1. The zero-order valence-corrected chi connectivity index (χ0v) is 8.73. The van der Waals surface area contributed by atoms with E-state index in [0.29, 0.717) is 10.6 Å². The summed E-state index contributed by atoms with van der Waals surface area (Å²) in [6.45, 7) is 1.76. The second kappa shape index (κ2) is 4.41. The lowest BCUT2D eigenvalue weighted by Gasteiger charge is -2.14. The van der Waals surface area contributed by atoms with E-state index < -0.39 is 18.7 Å². The van der Waals surface area contributed by atoms with Crippen molar-refractivity contribution in [3.05, 3.63) is 34.3 Å². The van der Waals surface area contributed by atoms with Crippen LogP contribution in [0.15, 0.2) is 18.2 Å². The molecule has 0 radical (unpaired) electrons. The van der Waals surface area contributed by atoms with E-state index in [2.05, 4.69) is 0 Å². The number of aryl methyl sites for hydroxylation is 1. The molecule has 1 aromatic carbocycles. The molecule has 0 amide bonds. The van der Waals surface area contributed by atoms with E-state index in [9.17, 15) is 13.2 Å².